The molecule has 0 unspecified atom stereocenters. The van der Waals surface area contributed by atoms with Gasteiger partial charge in [0.05, 0.1) is 11.4 Å². The van der Waals surface area contributed by atoms with Crippen LogP contribution in [0.15, 0.2) is 64.5 Å². The molecule has 1 heterocycles. The van der Waals surface area contributed by atoms with Gasteiger partial charge in [-0.3, -0.25) is 4.99 Å². The van der Waals surface area contributed by atoms with Crippen molar-refractivity contribution in [2.75, 3.05) is 32.7 Å². The van der Waals surface area contributed by atoms with Gasteiger partial charge in [-0.05, 0) is 38.1 Å². The van der Waals surface area contributed by atoms with Crippen LogP contribution in [0, 0.1) is 6.92 Å². The van der Waals surface area contributed by atoms with Crippen molar-refractivity contribution in [2.45, 2.75) is 37.7 Å². The number of piperidine rings is 1. The molecule has 2 aromatic carbocycles. The molecular weight excluding hydrogens is 539 g/mol. The molecule has 0 bridgehead atoms. The zero-order valence-corrected chi connectivity index (χ0v) is 21.8. The van der Waals surface area contributed by atoms with Gasteiger partial charge in [0.1, 0.15) is 11.9 Å². The summed E-state index contributed by atoms with van der Waals surface area (Å²) in [4.78, 5) is 7.10. The highest BCUT2D eigenvalue weighted by Crippen LogP contribution is 2.18. The van der Waals surface area contributed by atoms with Gasteiger partial charge in [0.2, 0.25) is 10.0 Å². The molecule has 0 atom stereocenters. The molecule has 1 aliphatic heterocycles. The van der Waals surface area contributed by atoms with Crippen LogP contribution < -0.4 is 14.8 Å². The summed E-state index contributed by atoms with van der Waals surface area (Å²) >= 11 is 0. The Morgan fingerprint density at radius 2 is 1.75 bits per heavy atom. The third-order valence-corrected chi connectivity index (χ3v) is 6.60. The molecule has 0 aromatic heterocycles. The summed E-state index contributed by atoms with van der Waals surface area (Å²) in [5, 5.41) is 3.31. The molecule has 9 heteroatoms. The smallest absolute Gasteiger partial charge is 0.240 e. The Kier molecular flexibility index (Phi) is 10.7. The number of rotatable bonds is 8. The second-order valence-corrected chi connectivity index (χ2v) is 9.33. The Hall–Kier alpha value is -1.85. The van der Waals surface area contributed by atoms with Crippen LogP contribution in [0.25, 0.3) is 0 Å². The Balaban J connectivity index is 0.00000363. The van der Waals surface area contributed by atoms with Gasteiger partial charge in [-0.25, -0.2) is 13.1 Å². The predicted molar refractivity (Wildman–Crippen MR) is 139 cm³/mol. The van der Waals surface area contributed by atoms with Crippen molar-refractivity contribution >= 4 is 40.0 Å². The van der Waals surface area contributed by atoms with Gasteiger partial charge in [-0.1, -0.05) is 35.9 Å². The summed E-state index contributed by atoms with van der Waals surface area (Å²) in [5.41, 5.74) is 1.02. The first-order valence-electron chi connectivity index (χ1n) is 10.8. The molecule has 0 saturated carbocycles. The van der Waals surface area contributed by atoms with Crippen LogP contribution >= 0.6 is 24.0 Å². The fourth-order valence-corrected chi connectivity index (χ4v) is 4.47. The van der Waals surface area contributed by atoms with E-state index in [0.717, 1.165) is 49.7 Å². The SMILES string of the molecule is CCNC(=NCCNS(=O)(=O)c1ccc(C)cc1)N1CCC(Oc2ccccc2)CC1.I. The first-order valence-corrected chi connectivity index (χ1v) is 12.3. The second kappa shape index (κ2) is 13.0. The maximum Gasteiger partial charge on any atom is 0.240 e. The zero-order chi connectivity index (χ0) is 22.1. The van der Waals surface area contributed by atoms with Gasteiger partial charge in [0, 0.05) is 39.0 Å². The Morgan fingerprint density at radius 3 is 2.38 bits per heavy atom. The molecule has 7 nitrogen and oxygen atoms in total. The highest BCUT2D eigenvalue weighted by Gasteiger charge is 2.22. The number of aliphatic imine (C=N–C) groups is 1. The summed E-state index contributed by atoms with van der Waals surface area (Å²) in [5.74, 6) is 1.72. The number of guanidine groups is 1. The number of aryl methyl sites for hydroxylation is 1. The summed E-state index contributed by atoms with van der Waals surface area (Å²) in [6.07, 6.45) is 2.03. The molecular formula is C23H33IN4O3S. The lowest BCUT2D eigenvalue weighted by Crippen LogP contribution is -2.47. The number of halogens is 1. The van der Waals surface area contributed by atoms with Gasteiger partial charge in [-0.15, -0.1) is 24.0 Å². The number of likely N-dealkylation sites (tertiary alicyclic amines) is 1. The minimum Gasteiger partial charge on any atom is -0.490 e. The summed E-state index contributed by atoms with van der Waals surface area (Å²) in [7, 11) is -3.52. The standard InChI is InChI=1S/C23H32N4O3S.HI/c1-3-24-23(25-15-16-26-31(28,29)22-11-9-19(2)10-12-22)27-17-13-21(14-18-27)30-20-7-5-4-6-8-20;/h4-12,21,26H,3,13-18H2,1-2H3,(H,24,25);1H. The van der Waals surface area contributed by atoms with Crippen LogP contribution in [-0.2, 0) is 10.0 Å². The lowest BCUT2D eigenvalue weighted by Gasteiger charge is -2.34. The molecule has 0 aliphatic carbocycles. The largest absolute Gasteiger partial charge is 0.490 e. The molecule has 1 fully saturated rings. The van der Waals surface area contributed by atoms with Crippen molar-refractivity contribution in [3.63, 3.8) is 0 Å². The van der Waals surface area contributed by atoms with E-state index in [-0.39, 0.29) is 41.5 Å². The monoisotopic (exact) mass is 572 g/mol. The van der Waals surface area contributed by atoms with Crippen LogP contribution in [-0.4, -0.2) is 58.1 Å². The van der Waals surface area contributed by atoms with Crippen molar-refractivity contribution in [1.29, 1.82) is 0 Å². The second-order valence-electron chi connectivity index (χ2n) is 7.56. The summed E-state index contributed by atoms with van der Waals surface area (Å²) in [6, 6.07) is 16.7. The molecule has 32 heavy (non-hydrogen) atoms. The highest BCUT2D eigenvalue weighted by molar-refractivity contribution is 14.0. The topological polar surface area (TPSA) is 83.0 Å². The zero-order valence-electron chi connectivity index (χ0n) is 18.7. The maximum absolute atomic E-state index is 12.4. The molecule has 0 amide bonds. The third-order valence-electron chi connectivity index (χ3n) is 5.12. The average Bonchev–Trinajstić information content (AvgIpc) is 2.77. The first-order chi connectivity index (χ1) is 15.0. The van der Waals surface area contributed by atoms with Crippen molar-refractivity contribution in [3.05, 3.63) is 60.2 Å². The quantitative estimate of drug-likeness (QED) is 0.219. The number of ether oxygens (including phenoxy) is 1. The van der Waals surface area contributed by atoms with E-state index in [4.69, 9.17) is 4.74 Å². The van der Waals surface area contributed by atoms with Gasteiger partial charge in [0.15, 0.2) is 5.96 Å². The molecule has 1 saturated heterocycles. The van der Waals surface area contributed by atoms with E-state index in [1.807, 2.05) is 44.2 Å². The van der Waals surface area contributed by atoms with Gasteiger partial charge < -0.3 is 15.0 Å². The average molecular weight is 573 g/mol. The number of sulfonamides is 1. The minimum atomic E-state index is -3.52. The lowest BCUT2D eigenvalue weighted by atomic mass is 10.1. The maximum atomic E-state index is 12.4. The van der Waals surface area contributed by atoms with Gasteiger partial charge in [0.25, 0.3) is 0 Å². The molecule has 0 radical (unpaired) electrons. The van der Waals surface area contributed by atoms with E-state index >= 15 is 0 Å². The van der Waals surface area contributed by atoms with E-state index in [1.54, 1.807) is 24.3 Å². The fourth-order valence-electron chi connectivity index (χ4n) is 3.45. The molecule has 1 aliphatic rings. The Bertz CT molecular complexity index is 945. The molecule has 2 aromatic rings. The number of nitrogens with one attached hydrogen (secondary N) is 2. The Labute approximate surface area is 208 Å². The number of benzene rings is 2. The van der Waals surface area contributed by atoms with Crippen molar-refractivity contribution in [3.8, 4) is 5.75 Å². The van der Waals surface area contributed by atoms with Crippen LogP contribution in [0.1, 0.15) is 25.3 Å². The number of nitrogens with zero attached hydrogens (tertiary/aromatic N) is 2. The summed E-state index contributed by atoms with van der Waals surface area (Å²) in [6.45, 7) is 7.02. The number of para-hydroxylation sites is 1. The van der Waals surface area contributed by atoms with E-state index in [0.29, 0.717) is 6.54 Å². The normalized spacial score (nSPS) is 15.2. The summed E-state index contributed by atoms with van der Waals surface area (Å²) < 4.78 is 33.5. The predicted octanol–water partition coefficient (Wildman–Crippen LogP) is 3.40. The van der Waals surface area contributed by atoms with Gasteiger partial charge in [-0.2, -0.15) is 0 Å². The molecule has 2 N–H and O–H groups in total. The third kappa shape index (κ3) is 7.93. The van der Waals surface area contributed by atoms with Crippen molar-refractivity contribution in [1.82, 2.24) is 14.9 Å². The van der Waals surface area contributed by atoms with Crippen LogP contribution in [0.2, 0.25) is 0 Å². The molecule has 0 spiro atoms. The van der Waals surface area contributed by atoms with Gasteiger partial charge >= 0.3 is 0 Å². The fraction of sp³-hybridized carbons (Fsp3) is 0.435. The van der Waals surface area contributed by atoms with Crippen LogP contribution in [0.3, 0.4) is 0 Å². The van der Waals surface area contributed by atoms with E-state index in [9.17, 15) is 8.42 Å². The Morgan fingerprint density at radius 1 is 1.09 bits per heavy atom. The van der Waals surface area contributed by atoms with Crippen molar-refractivity contribution < 1.29 is 13.2 Å². The minimum absolute atomic E-state index is 0. The molecule has 176 valence electrons. The number of hydrogen-bond acceptors (Lipinski definition) is 4. The van der Waals surface area contributed by atoms with Crippen LogP contribution in [0.5, 0.6) is 5.75 Å². The van der Waals surface area contributed by atoms with Crippen molar-refractivity contribution in [2.24, 2.45) is 4.99 Å². The number of hydrogen-bond donors (Lipinski definition) is 2. The van der Waals surface area contributed by atoms with E-state index < -0.39 is 10.0 Å². The van der Waals surface area contributed by atoms with Crippen LogP contribution in [0.4, 0.5) is 0 Å². The first kappa shape index (κ1) is 26.4. The van der Waals surface area contributed by atoms with E-state index in [1.165, 1.54) is 0 Å². The lowest BCUT2D eigenvalue weighted by molar-refractivity contribution is 0.129. The highest BCUT2D eigenvalue weighted by atomic mass is 127. The molecule has 3 rings (SSSR count). The van der Waals surface area contributed by atoms with E-state index in [2.05, 4.69) is 19.9 Å².